The molecule has 2 N–H and O–H groups in total. The Morgan fingerprint density at radius 2 is 2.00 bits per heavy atom. The summed E-state index contributed by atoms with van der Waals surface area (Å²) in [6.07, 6.45) is 0. The molecular formula is C9H11BrClF2NO. The van der Waals surface area contributed by atoms with E-state index in [2.05, 4.69) is 20.7 Å². The molecule has 86 valence electrons. The van der Waals surface area contributed by atoms with Crippen molar-refractivity contribution in [3.05, 3.63) is 28.2 Å². The van der Waals surface area contributed by atoms with Gasteiger partial charge in [-0.3, -0.25) is 0 Å². The molecule has 0 aliphatic heterocycles. The first-order valence-electron chi connectivity index (χ1n) is 4.00. The molecule has 0 aliphatic carbocycles. The summed E-state index contributed by atoms with van der Waals surface area (Å²) >= 11 is 3.17. The van der Waals surface area contributed by atoms with E-state index < -0.39 is 6.61 Å². The van der Waals surface area contributed by atoms with Crippen molar-refractivity contribution in [2.75, 3.05) is 0 Å². The third-order valence-corrected chi connectivity index (χ3v) is 2.18. The molecule has 15 heavy (non-hydrogen) atoms. The molecule has 0 aromatic heterocycles. The van der Waals surface area contributed by atoms with E-state index in [4.69, 9.17) is 5.73 Å². The van der Waals surface area contributed by atoms with E-state index in [0.717, 1.165) is 0 Å². The van der Waals surface area contributed by atoms with E-state index >= 15 is 0 Å². The highest BCUT2D eigenvalue weighted by molar-refractivity contribution is 9.10. The molecule has 1 aromatic carbocycles. The molecule has 0 amide bonds. The van der Waals surface area contributed by atoms with Gasteiger partial charge in [-0.1, -0.05) is 22.0 Å². The standard InChI is InChI=1S/C9H10BrF2NO.ClH/c1-5(13)7-3-2-6(10)4-8(7)14-9(11)12;/h2-5,9H,13H2,1H3;1H/t5-;/m0./s1. The van der Waals surface area contributed by atoms with Crippen LogP contribution in [0.2, 0.25) is 0 Å². The van der Waals surface area contributed by atoms with Gasteiger partial charge >= 0.3 is 6.61 Å². The van der Waals surface area contributed by atoms with Crippen LogP contribution in [0.1, 0.15) is 18.5 Å². The quantitative estimate of drug-likeness (QED) is 0.927. The number of benzene rings is 1. The second kappa shape index (κ2) is 6.25. The summed E-state index contributed by atoms with van der Waals surface area (Å²) in [5.74, 6) is 0.115. The fourth-order valence-corrected chi connectivity index (χ4v) is 1.42. The van der Waals surface area contributed by atoms with Gasteiger partial charge in [-0.25, -0.2) is 0 Å². The van der Waals surface area contributed by atoms with Gasteiger partial charge in [0.1, 0.15) is 5.75 Å². The third-order valence-electron chi connectivity index (χ3n) is 1.68. The van der Waals surface area contributed by atoms with E-state index in [1.54, 1.807) is 19.1 Å². The van der Waals surface area contributed by atoms with E-state index in [9.17, 15) is 8.78 Å². The predicted octanol–water partition coefficient (Wildman–Crippen LogP) is 3.49. The van der Waals surface area contributed by atoms with Crippen LogP contribution in [0, 0.1) is 0 Å². The van der Waals surface area contributed by atoms with Gasteiger partial charge in [0.2, 0.25) is 0 Å². The number of rotatable bonds is 3. The van der Waals surface area contributed by atoms with Crippen molar-refractivity contribution in [2.24, 2.45) is 5.73 Å². The van der Waals surface area contributed by atoms with E-state index in [0.29, 0.717) is 10.0 Å². The summed E-state index contributed by atoms with van der Waals surface area (Å²) in [5.41, 5.74) is 6.16. The Kier molecular flexibility index (Phi) is 6.09. The van der Waals surface area contributed by atoms with Crippen LogP contribution in [0.25, 0.3) is 0 Å². The molecule has 2 nitrogen and oxygen atoms in total. The molecule has 0 radical (unpaired) electrons. The van der Waals surface area contributed by atoms with Crippen LogP contribution in [0.3, 0.4) is 0 Å². The Bertz CT molecular complexity index is 323. The average molecular weight is 303 g/mol. The summed E-state index contributed by atoms with van der Waals surface area (Å²) in [6, 6.07) is 4.53. The lowest BCUT2D eigenvalue weighted by molar-refractivity contribution is -0.0506. The van der Waals surface area contributed by atoms with Crippen molar-refractivity contribution in [1.29, 1.82) is 0 Å². The topological polar surface area (TPSA) is 35.2 Å². The van der Waals surface area contributed by atoms with Crippen molar-refractivity contribution in [1.82, 2.24) is 0 Å². The van der Waals surface area contributed by atoms with Crippen LogP contribution in [-0.4, -0.2) is 6.61 Å². The van der Waals surface area contributed by atoms with Gasteiger partial charge < -0.3 is 10.5 Å². The molecule has 1 rings (SSSR count). The zero-order valence-corrected chi connectivity index (χ0v) is 10.3. The first-order valence-corrected chi connectivity index (χ1v) is 4.80. The summed E-state index contributed by atoms with van der Waals surface area (Å²) in [4.78, 5) is 0. The molecular weight excluding hydrogens is 291 g/mol. The van der Waals surface area contributed by atoms with Gasteiger partial charge in [-0.05, 0) is 19.1 Å². The predicted molar refractivity (Wildman–Crippen MR) is 60.6 cm³/mol. The van der Waals surface area contributed by atoms with Gasteiger partial charge in [0.25, 0.3) is 0 Å². The van der Waals surface area contributed by atoms with Crippen LogP contribution >= 0.6 is 28.3 Å². The van der Waals surface area contributed by atoms with Gasteiger partial charge in [-0.15, -0.1) is 12.4 Å². The van der Waals surface area contributed by atoms with E-state index in [1.807, 2.05) is 0 Å². The van der Waals surface area contributed by atoms with Gasteiger partial charge in [0.05, 0.1) is 0 Å². The second-order valence-electron chi connectivity index (χ2n) is 2.85. The molecule has 6 heteroatoms. The minimum Gasteiger partial charge on any atom is -0.434 e. The van der Waals surface area contributed by atoms with Crippen molar-refractivity contribution in [3.63, 3.8) is 0 Å². The zero-order chi connectivity index (χ0) is 10.7. The van der Waals surface area contributed by atoms with Crippen LogP contribution in [-0.2, 0) is 0 Å². The Hall–Kier alpha value is -0.390. The van der Waals surface area contributed by atoms with Crippen LogP contribution in [0.15, 0.2) is 22.7 Å². The molecule has 0 fully saturated rings. The van der Waals surface area contributed by atoms with Gasteiger partial charge in [0.15, 0.2) is 0 Å². The highest BCUT2D eigenvalue weighted by Gasteiger charge is 2.12. The largest absolute Gasteiger partial charge is 0.434 e. The van der Waals surface area contributed by atoms with Crippen LogP contribution in [0.5, 0.6) is 5.75 Å². The number of nitrogens with two attached hydrogens (primary N) is 1. The van der Waals surface area contributed by atoms with Crippen LogP contribution < -0.4 is 10.5 Å². The molecule has 0 heterocycles. The summed E-state index contributed by atoms with van der Waals surface area (Å²) < 4.78 is 29.1. The third kappa shape index (κ3) is 4.32. The maximum Gasteiger partial charge on any atom is 0.387 e. The normalized spacial score (nSPS) is 12.1. The SMILES string of the molecule is C[C@H](N)c1ccc(Br)cc1OC(F)F.Cl. The lowest BCUT2D eigenvalue weighted by Crippen LogP contribution is -2.10. The minimum absolute atomic E-state index is 0. The van der Waals surface area contributed by atoms with Crippen molar-refractivity contribution in [3.8, 4) is 5.75 Å². The first kappa shape index (κ1) is 14.6. The number of hydrogen-bond acceptors (Lipinski definition) is 2. The van der Waals surface area contributed by atoms with Gasteiger partial charge in [-0.2, -0.15) is 8.78 Å². The molecule has 0 saturated heterocycles. The maximum absolute atomic E-state index is 12.0. The fraction of sp³-hybridized carbons (Fsp3) is 0.333. The zero-order valence-electron chi connectivity index (χ0n) is 7.91. The molecule has 0 spiro atoms. The smallest absolute Gasteiger partial charge is 0.387 e. The van der Waals surface area contributed by atoms with Crippen molar-refractivity contribution in [2.45, 2.75) is 19.6 Å². The number of ether oxygens (including phenoxy) is 1. The van der Waals surface area contributed by atoms with E-state index in [-0.39, 0.29) is 24.2 Å². The molecule has 1 atom stereocenters. The van der Waals surface area contributed by atoms with Gasteiger partial charge in [0, 0.05) is 16.1 Å². The molecule has 0 unspecified atom stereocenters. The van der Waals surface area contributed by atoms with Crippen molar-refractivity contribution >= 4 is 28.3 Å². The summed E-state index contributed by atoms with van der Waals surface area (Å²) in [5, 5.41) is 0. The molecule has 1 aromatic rings. The Morgan fingerprint density at radius 3 is 2.47 bits per heavy atom. The molecule has 0 bridgehead atoms. The van der Waals surface area contributed by atoms with E-state index in [1.165, 1.54) is 6.07 Å². The summed E-state index contributed by atoms with van der Waals surface area (Å²) in [7, 11) is 0. The summed E-state index contributed by atoms with van der Waals surface area (Å²) in [6.45, 7) is -1.12. The fourth-order valence-electron chi connectivity index (χ4n) is 1.08. The molecule has 0 saturated carbocycles. The number of alkyl halides is 2. The van der Waals surface area contributed by atoms with Crippen molar-refractivity contribution < 1.29 is 13.5 Å². The highest BCUT2D eigenvalue weighted by Crippen LogP contribution is 2.28. The monoisotopic (exact) mass is 301 g/mol. The first-order chi connectivity index (χ1) is 6.50. The maximum atomic E-state index is 12.0. The van der Waals surface area contributed by atoms with Crippen LogP contribution in [0.4, 0.5) is 8.78 Å². The Labute approximate surface area is 101 Å². The molecule has 0 aliphatic rings. The lowest BCUT2D eigenvalue weighted by atomic mass is 10.1. The minimum atomic E-state index is -2.83. The Balaban J connectivity index is 0.00000196. The second-order valence-corrected chi connectivity index (χ2v) is 3.77. The number of halogens is 4. The average Bonchev–Trinajstić information content (AvgIpc) is 2.01. The number of hydrogen-bond donors (Lipinski definition) is 1. The Morgan fingerprint density at radius 1 is 1.40 bits per heavy atom. The highest BCUT2D eigenvalue weighted by atomic mass is 79.9. The lowest BCUT2D eigenvalue weighted by Gasteiger charge is -2.13.